The summed E-state index contributed by atoms with van der Waals surface area (Å²) in [6.45, 7) is 3.78. The Labute approximate surface area is 165 Å². The molecule has 1 N–H and O–H groups in total. The van der Waals surface area contributed by atoms with Gasteiger partial charge in [-0.25, -0.2) is 4.68 Å². The van der Waals surface area contributed by atoms with E-state index in [2.05, 4.69) is 43.0 Å². The van der Waals surface area contributed by atoms with E-state index in [-0.39, 0.29) is 5.75 Å². The van der Waals surface area contributed by atoms with Crippen molar-refractivity contribution in [2.45, 2.75) is 12.0 Å². The van der Waals surface area contributed by atoms with Crippen LogP contribution < -0.4 is 0 Å². The van der Waals surface area contributed by atoms with Crippen LogP contribution in [0.25, 0.3) is 0 Å². The Morgan fingerprint density at radius 2 is 1.21 bits per heavy atom. The smallest absolute Gasteiger partial charge is 0.157 e. The molecule has 0 spiro atoms. The van der Waals surface area contributed by atoms with Crippen molar-refractivity contribution < 1.29 is 5.11 Å². The summed E-state index contributed by atoms with van der Waals surface area (Å²) in [4.78, 5) is 0. The maximum Gasteiger partial charge on any atom is 0.157 e. The van der Waals surface area contributed by atoms with Gasteiger partial charge >= 0.3 is 0 Å². The highest BCUT2D eigenvalue weighted by atomic mass is 16.3. The second kappa shape index (κ2) is 7.57. The highest BCUT2D eigenvalue weighted by molar-refractivity contribution is 5.50. The molecule has 28 heavy (non-hydrogen) atoms. The van der Waals surface area contributed by atoms with E-state index in [0.717, 1.165) is 16.7 Å². The van der Waals surface area contributed by atoms with Crippen LogP contribution in [0.1, 0.15) is 22.4 Å². The molecule has 0 fully saturated rings. The Hall–Kier alpha value is -3.59. The molecule has 138 valence electrons. The lowest BCUT2D eigenvalue weighted by atomic mass is 9.77. The van der Waals surface area contributed by atoms with Gasteiger partial charge in [0.15, 0.2) is 5.75 Å². The molecular weight excluding hydrogens is 344 g/mol. The van der Waals surface area contributed by atoms with E-state index in [1.165, 1.54) is 0 Å². The monoisotopic (exact) mass is 366 g/mol. The highest BCUT2D eigenvalue weighted by Gasteiger charge is 2.39. The van der Waals surface area contributed by atoms with E-state index in [1.807, 2.05) is 59.3 Å². The van der Waals surface area contributed by atoms with Crippen LogP contribution in [0.15, 0.2) is 110 Å². The first-order chi connectivity index (χ1) is 13.8. The van der Waals surface area contributed by atoms with Gasteiger partial charge in [-0.15, -0.1) is 6.58 Å². The molecule has 1 heterocycles. The van der Waals surface area contributed by atoms with Gasteiger partial charge in [0.05, 0.1) is 6.20 Å². The van der Waals surface area contributed by atoms with Crippen LogP contribution in [-0.4, -0.2) is 14.9 Å². The molecule has 0 unspecified atom stereocenters. The van der Waals surface area contributed by atoms with Gasteiger partial charge in [0.1, 0.15) is 11.2 Å². The first kappa shape index (κ1) is 17.8. The average Bonchev–Trinajstić information content (AvgIpc) is 3.12. The summed E-state index contributed by atoms with van der Waals surface area (Å²) in [5, 5.41) is 15.3. The normalized spacial score (nSPS) is 11.3. The molecule has 3 heteroatoms. The molecule has 0 saturated carbocycles. The Kier molecular flexibility index (Phi) is 4.81. The van der Waals surface area contributed by atoms with E-state index >= 15 is 0 Å². The second-order valence-corrected chi connectivity index (χ2v) is 6.71. The summed E-state index contributed by atoms with van der Waals surface area (Å²) in [5.74, 6) is 0.173. The lowest BCUT2D eigenvalue weighted by Gasteiger charge is -2.36. The first-order valence-corrected chi connectivity index (χ1v) is 9.32. The van der Waals surface area contributed by atoms with E-state index in [9.17, 15) is 5.11 Å². The van der Waals surface area contributed by atoms with Crippen molar-refractivity contribution in [3.05, 3.63) is 132 Å². The number of aromatic nitrogens is 2. The maximum atomic E-state index is 10.5. The predicted molar refractivity (Wildman–Crippen MR) is 112 cm³/mol. The summed E-state index contributed by atoms with van der Waals surface area (Å²) in [5.41, 5.74) is 3.11. The lowest BCUT2D eigenvalue weighted by molar-refractivity contribution is 0.447. The minimum Gasteiger partial charge on any atom is -0.504 e. The van der Waals surface area contributed by atoms with Crippen LogP contribution in [0, 0.1) is 0 Å². The number of hydrogen-bond acceptors (Lipinski definition) is 2. The number of allylic oxidation sites excluding steroid dienone is 1. The molecular formula is C25H22N2O. The fraction of sp³-hybridized carbons (Fsp3) is 0.0800. The van der Waals surface area contributed by atoms with Crippen molar-refractivity contribution in [3.63, 3.8) is 0 Å². The average molecular weight is 366 g/mol. The molecule has 0 bridgehead atoms. The van der Waals surface area contributed by atoms with E-state index < -0.39 is 5.54 Å². The quantitative estimate of drug-likeness (QED) is 0.378. The van der Waals surface area contributed by atoms with Crippen LogP contribution in [0.5, 0.6) is 5.75 Å². The summed E-state index contributed by atoms with van der Waals surface area (Å²) >= 11 is 0. The van der Waals surface area contributed by atoms with Crippen LogP contribution in [-0.2, 0) is 12.0 Å². The van der Waals surface area contributed by atoms with Crippen LogP contribution in [0.2, 0.25) is 0 Å². The van der Waals surface area contributed by atoms with Gasteiger partial charge in [0, 0.05) is 6.42 Å². The molecule has 1 aromatic heterocycles. The largest absolute Gasteiger partial charge is 0.504 e. The van der Waals surface area contributed by atoms with Gasteiger partial charge in [-0.05, 0) is 16.7 Å². The molecule has 0 amide bonds. The zero-order chi connectivity index (χ0) is 19.4. The number of aromatic hydroxyl groups is 1. The van der Waals surface area contributed by atoms with Gasteiger partial charge in [-0.3, -0.25) is 0 Å². The Morgan fingerprint density at radius 1 is 0.786 bits per heavy atom. The molecule has 0 aliphatic heterocycles. The number of hydrogen-bond donors (Lipinski definition) is 1. The van der Waals surface area contributed by atoms with Gasteiger partial charge < -0.3 is 5.11 Å². The predicted octanol–water partition coefficient (Wildman–Crippen LogP) is 5.16. The van der Waals surface area contributed by atoms with Crippen LogP contribution in [0.4, 0.5) is 0 Å². The fourth-order valence-electron chi connectivity index (χ4n) is 3.79. The highest BCUT2D eigenvalue weighted by Crippen LogP contribution is 2.41. The maximum absolute atomic E-state index is 10.5. The molecule has 0 atom stereocenters. The molecule has 3 aromatic carbocycles. The minimum absolute atomic E-state index is 0.173. The molecule has 4 rings (SSSR count). The number of nitrogens with zero attached hydrogens (tertiary/aromatic N) is 2. The summed E-state index contributed by atoms with van der Waals surface area (Å²) < 4.78 is 1.88. The summed E-state index contributed by atoms with van der Waals surface area (Å²) in [6.07, 6.45) is 3.97. The second-order valence-electron chi connectivity index (χ2n) is 6.71. The SMILES string of the molecule is C=CCc1nn(C(c2ccccc2)(c2ccccc2)c2ccccc2)cc1O. The molecule has 3 nitrogen and oxygen atoms in total. The van der Waals surface area contributed by atoms with E-state index in [0.29, 0.717) is 12.1 Å². The van der Waals surface area contributed by atoms with Crippen molar-refractivity contribution in [1.29, 1.82) is 0 Å². The molecule has 0 radical (unpaired) electrons. The standard InChI is InChI=1S/C25H22N2O/c1-2-12-23-24(28)19-27(26-23)25(20-13-6-3-7-14-20,21-15-8-4-9-16-21)22-17-10-5-11-18-22/h2-11,13-19,28H,1,12H2. The third-order valence-electron chi connectivity index (χ3n) is 5.02. The molecule has 0 saturated heterocycles. The fourth-order valence-corrected chi connectivity index (χ4v) is 3.79. The molecule has 4 aromatic rings. The third kappa shape index (κ3) is 2.91. The van der Waals surface area contributed by atoms with Crippen molar-refractivity contribution in [1.82, 2.24) is 9.78 Å². The Bertz CT molecular complexity index is 957. The van der Waals surface area contributed by atoms with E-state index in [1.54, 1.807) is 12.3 Å². The minimum atomic E-state index is -0.708. The summed E-state index contributed by atoms with van der Waals surface area (Å²) in [6, 6.07) is 30.8. The topological polar surface area (TPSA) is 38.0 Å². The molecule has 0 aliphatic carbocycles. The van der Waals surface area contributed by atoms with Crippen LogP contribution in [0.3, 0.4) is 0 Å². The van der Waals surface area contributed by atoms with Gasteiger partial charge in [-0.2, -0.15) is 5.10 Å². The van der Waals surface area contributed by atoms with Crippen molar-refractivity contribution in [3.8, 4) is 5.75 Å². The Balaban J connectivity index is 2.10. The van der Waals surface area contributed by atoms with Crippen molar-refractivity contribution >= 4 is 0 Å². The van der Waals surface area contributed by atoms with Gasteiger partial charge in [0.25, 0.3) is 0 Å². The summed E-state index contributed by atoms with van der Waals surface area (Å²) in [7, 11) is 0. The molecule has 0 aliphatic rings. The van der Waals surface area contributed by atoms with Crippen molar-refractivity contribution in [2.24, 2.45) is 0 Å². The van der Waals surface area contributed by atoms with E-state index in [4.69, 9.17) is 5.10 Å². The van der Waals surface area contributed by atoms with Crippen molar-refractivity contribution in [2.75, 3.05) is 0 Å². The van der Waals surface area contributed by atoms with Gasteiger partial charge in [0.2, 0.25) is 0 Å². The first-order valence-electron chi connectivity index (χ1n) is 9.32. The Morgan fingerprint density at radius 3 is 1.61 bits per heavy atom. The van der Waals surface area contributed by atoms with Crippen LogP contribution >= 0.6 is 0 Å². The number of rotatable bonds is 6. The number of benzene rings is 3. The zero-order valence-corrected chi connectivity index (χ0v) is 15.6. The lowest BCUT2D eigenvalue weighted by Crippen LogP contribution is -2.38. The zero-order valence-electron chi connectivity index (χ0n) is 15.6. The third-order valence-corrected chi connectivity index (χ3v) is 5.02. The van der Waals surface area contributed by atoms with Gasteiger partial charge in [-0.1, -0.05) is 97.1 Å².